The van der Waals surface area contributed by atoms with Crippen LogP contribution >= 0.6 is 0 Å². The van der Waals surface area contributed by atoms with Gasteiger partial charge in [-0.15, -0.1) is 0 Å². The summed E-state index contributed by atoms with van der Waals surface area (Å²) in [4.78, 5) is 13.6. The van der Waals surface area contributed by atoms with Gasteiger partial charge in [0.1, 0.15) is 5.82 Å². The number of likely N-dealkylation sites (N-methyl/N-ethyl adjacent to an activating group) is 1. The fraction of sp³-hybridized carbons (Fsp3) is 0.333. The molecule has 0 aliphatic rings. The van der Waals surface area contributed by atoms with E-state index in [0.29, 0.717) is 5.69 Å². The number of benzene rings is 1. The van der Waals surface area contributed by atoms with E-state index in [1.54, 1.807) is 45.3 Å². The van der Waals surface area contributed by atoms with Crippen molar-refractivity contribution in [2.24, 2.45) is 0 Å². The van der Waals surface area contributed by atoms with Gasteiger partial charge in [-0.1, -0.05) is 6.07 Å². The molecule has 0 aliphatic carbocycles. The highest BCUT2D eigenvalue weighted by Crippen LogP contribution is 2.11. The number of halogens is 1. The van der Waals surface area contributed by atoms with Gasteiger partial charge in [0.05, 0.1) is 11.3 Å². The van der Waals surface area contributed by atoms with Crippen LogP contribution in [-0.2, 0) is 0 Å². The van der Waals surface area contributed by atoms with Crippen molar-refractivity contribution >= 4 is 5.91 Å². The third-order valence-corrected chi connectivity index (χ3v) is 2.85. The number of hydrogen-bond donors (Lipinski definition) is 1. The van der Waals surface area contributed by atoms with E-state index in [1.807, 2.05) is 0 Å². The molecule has 2 aromatic rings. The summed E-state index contributed by atoms with van der Waals surface area (Å²) in [5.74, 6) is -0.665. The molecule has 0 spiro atoms. The van der Waals surface area contributed by atoms with Crippen LogP contribution in [0.4, 0.5) is 4.39 Å². The van der Waals surface area contributed by atoms with Crippen molar-refractivity contribution in [1.82, 2.24) is 14.7 Å². The Hall–Kier alpha value is -2.21. The Morgan fingerprint density at radius 2 is 2.14 bits per heavy atom. The van der Waals surface area contributed by atoms with Gasteiger partial charge in [0, 0.05) is 19.8 Å². The number of carbonyl (C=O) groups excluding carboxylic acids is 1. The number of hydrogen-bond acceptors (Lipinski definition) is 3. The summed E-state index contributed by atoms with van der Waals surface area (Å²) in [6.07, 6.45) is 1.60. The standard InChI is InChI=1S/C15H18FN3O2/c1-15(2,21)10-18(3)14(20)13-7-8-19(17-13)12-6-4-5-11(16)9-12/h4-9,21H,10H2,1-3H3. The van der Waals surface area contributed by atoms with E-state index in [0.717, 1.165) is 0 Å². The second-order valence-corrected chi connectivity index (χ2v) is 5.60. The molecule has 1 aromatic carbocycles. The van der Waals surface area contributed by atoms with Gasteiger partial charge in [0.25, 0.3) is 5.91 Å². The maximum atomic E-state index is 13.2. The first kappa shape index (κ1) is 15.2. The Morgan fingerprint density at radius 3 is 2.76 bits per heavy atom. The summed E-state index contributed by atoms with van der Waals surface area (Å²) in [7, 11) is 1.60. The lowest BCUT2D eigenvalue weighted by atomic mass is 10.1. The molecule has 0 atom stereocenters. The summed E-state index contributed by atoms with van der Waals surface area (Å²) in [6, 6.07) is 7.52. The molecule has 5 nitrogen and oxygen atoms in total. The van der Waals surface area contributed by atoms with Gasteiger partial charge in [-0.2, -0.15) is 5.10 Å². The first-order valence-corrected chi connectivity index (χ1v) is 6.56. The average Bonchev–Trinajstić information content (AvgIpc) is 2.85. The number of rotatable bonds is 4. The fourth-order valence-corrected chi connectivity index (χ4v) is 2.05. The minimum atomic E-state index is -0.977. The second-order valence-electron chi connectivity index (χ2n) is 5.60. The predicted molar refractivity (Wildman–Crippen MR) is 76.8 cm³/mol. The molecule has 1 heterocycles. The summed E-state index contributed by atoms with van der Waals surface area (Å²) >= 11 is 0. The van der Waals surface area contributed by atoms with Gasteiger partial charge in [0.2, 0.25) is 0 Å². The van der Waals surface area contributed by atoms with Crippen LogP contribution in [0.25, 0.3) is 5.69 Å². The van der Waals surface area contributed by atoms with Gasteiger partial charge in [-0.3, -0.25) is 4.79 Å². The predicted octanol–water partition coefficient (Wildman–Crippen LogP) is 1.85. The molecule has 6 heteroatoms. The number of aliphatic hydroxyl groups is 1. The highest BCUT2D eigenvalue weighted by Gasteiger charge is 2.21. The molecule has 2 rings (SSSR count). The first-order chi connectivity index (χ1) is 9.76. The molecule has 1 aromatic heterocycles. The van der Waals surface area contributed by atoms with E-state index in [2.05, 4.69) is 5.10 Å². The van der Waals surface area contributed by atoms with Gasteiger partial charge in [0.15, 0.2) is 5.69 Å². The molecule has 21 heavy (non-hydrogen) atoms. The minimum absolute atomic E-state index is 0.193. The zero-order valence-electron chi connectivity index (χ0n) is 12.2. The van der Waals surface area contributed by atoms with Crippen molar-refractivity contribution in [3.05, 3.63) is 48.0 Å². The quantitative estimate of drug-likeness (QED) is 0.935. The highest BCUT2D eigenvalue weighted by molar-refractivity contribution is 5.92. The summed E-state index contributed by atoms with van der Waals surface area (Å²) in [6.45, 7) is 3.45. The number of amides is 1. The lowest BCUT2D eigenvalue weighted by Gasteiger charge is -2.24. The largest absolute Gasteiger partial charge is 0.389 e. The van der Waals surface area contributed by atoms with Crippen molar-refractivity contribution < 1.29 is 14.3 Å². The molecule has 1 amide bonds. The van der Waals surface area contributed by atoms with E-state index in [4.69, 9.17) is 0 Å². The minimum Gasteiger partial charge on any atom is -0.389 e. The Balaban J connectivity index is 2.18. The Kier molecular flexibility index (Phi) is 4.09. The topological polar surface area (TPSA) is 58.4 Å². The monoisotopic (exact) mass is 291 g/mol. The lowest BCUT2D eigenvalue weighted by molar-refractivity contribution is 0.0364. The number of aromatic nitrogens is 2. The normalized spacial score (nSPS) is 11.5. The third kappa shape index (κ3) is 3.88. The van der Waals surface area contributed by atoms with E-state index >= 15 is 0 Å². The van der Waals surface area contributed by atoms with Crippen LogP contribution in [0, 0.1) is 5.82 Å². The molecule has 1 N–H and O–H groups in total. The average molecular weight is 291 g/mol. The van der Waals surface area contributed by atoms with Crippen LogP contribution in [0.3, 0.4) is 0 Å². The molecule has 0 aliphatic heterocycles. The summed E-state index contributed by atoms with van der Waals surface area (Å²) in [5, 5.41) is 13.9. The van der Waals surface area contributed by atoms with Crippen molar-refractivity contribution in [2.45, 2.75) is 19.4 Å². The van der Waals surface area contributed by atoms with Crippen LogP contribution in [0.2, 0.25) is 0 Å². The van der Waals surface area contributed by atoms with Crippen molar-refractivity contribution in [2.75, 3.05) is 13.6 Å². The van der Waals surface area contributed by atoms with Crippen molar-refractivity contribution in [3.8, 4) is 5.69 Å². The number of nitrogens with zero attached hydrogens (tertiary/aromatic N) is 3. The zero-order valence-corrected chi connectivity index (χ0v) is 12.2. The molecule has 112 valence electrons. The van der Waals surface area contributed by atoms with Crippen LogP contribution < -0.4 is 0 Å². The molecule has 0 unspecified atom stereocenters. The van der Waals surface area contributed by atoms with Crippen LogP contribution in [0.1, 0.15) is 24.3 Å². The Bertz CT molecular complexity index is 646. The highest BCUT2D eigenvalue weighted by atomic mass is 19.1. The summed E-state index contributed by atoms with van der Waals surface area (Å²) < 4.78 is 14.6. The van der Waals surface area contributed by atoms with Crippen molar-refractivity contribution in [3.63, 3.8) is 0 Å². The molecule has 0 saturated heterocycles. The molecule has 0 radical (unpaired) electrons. The SMILES string of the molecule is CN(CC(C)(C)O)C(=O)c1ccn(-c2cccc(F)c2)n1. The summed E-state index contributed by atoms with van der Waals surface area (Å²) in [5.41, 5.74) is -0.194. The van der Waals surface area contributed by atoms with Gasteiger partial charge >= 0.3 is 0 Å². The van der Waals surface area contributed by atoms with Crippen molar-refractivity contribution in [1.29, 1.82) is 0 Å². The van der Waals surface area contributed by atoms with Gasteiger partial charge in [-0.25, -0.2) is 9.07 Å². The molecular weight excluding hydrogens is 273 g/mol. The first-order valence-electron chi connectivity index (χ1n) is 6.56. The van der Waals surface area contributed by atoms with E-state index in [-0.39, 0.29) is 24.0 Å². The maximum Gasteiger partial charge on any atom is 0.274 e. The van der Waals surface area contributed by atoms with E-state index < -0.39 is 5.60 Å². The lowest BCUT2D eigenvalue weighted by Crippen LogP contribution is -2.39. The van der Waals surface area contributed by atoms with Gasteiger partial charge < -0.3 is 10.0 Å². The van der Waals surface area contributed by atoms with Crippen LogP contribution in [0.15, 0.2) is 36.5 Å². The molecule has 0 saturated carbocycles. The maximum absolute atomic E-state index is 13.2. The number of carbonyl (C=O) groups is 1. The van der Waals surface area contributed by atoms with Crippen LogP contribution in [-0.4, -0.2) is 44.9 Å². The van der Waals surface area contributed by atoms with E-state index in [1.165, 1.54) is 21.7 Å². The fourth-order valence-electron chi connectivity index (χ4n) is 2.05. The molecular formula is C15H18FN3O2. The third-order valence-electron chi connectivity index (χ3n) is 2.85. The Morgan fingerprint density at radius 1 is 1.43 bits per heavy atom. The zero-order chi connectivity index (χ0) is 15.6. The molecule has 0 bridgehead atoms. The Labute approximate surface area is 122 Å². The smallest absolute Gasteiger partial charge is 0.274 e. The van der Waals surface area contributed by atoms with Gasteiger partial charge in [-0.05, 0) is 38.1 Å². The molecule has 0 fully saturated rings. The van der Waals surface area contributed by atoms with E-state index in [9.17, 15) is 14.3 Å². The second kappa shape index (κ2) is 5.65. The van der Waals surface area contributed by atoms with Crippen LogP contribution in [0.5, 0.6) is 0 Å².